The van der Waals surface area contributed by atoms with Crippen LogP contribution in [0.3, 0.4) is 0 Å². The van der Waals surface area contributed by atoms with Gasteiger partial charge in [-0.1, -0.05) is 13.0 Å². The Bertz CT molecular complexity index is 539. The van der Waals surface area contributed by atoms with E-state index in [0.29, 0.717) is 12.6 Å². The molecule has 0 spiro atoms. The normalized spacial score (nSPS) is 17.4. The largest absolute Gasteiger partial charge is 0.488 e. The van der Waals surface area contributed by atoms with Crippen LogP contribution in [0.25, 0.3) is 0 Å². The molecule has 1 aromatic heterocycles. The number of ether oxygens (including phenoxy) is 1. The second kappa shape index (κ2) is 5.72. The molecule has 0 saturated carbocycles. The summed E-state index contributed by atoms with van der Waals surface area (Å²) >= 11 is 1.63. The Kier molecular flexibility index (Phi) is 3.80. The van der Waals surface area contributed by atoms with E-state index in [9.17, 15) is 0 Å². The molecular weight excluding hydrogens is 256 g/mol. The molecule has 3 nitrogen and oxygen atoms in total. The first-order valence-electron chi connectivity index (χ1n) is 6.73. The van der Waals surface area contributed by atoms with Crippen molar-refractivity contribution in [2.24, 2.45) is 0 Å². The standard InChI is InChI=1S/C15H18N2OS/c1-2-17-15-6-3-11-7-12(4-5-14(11)15)18-9-13-8-16-10-19-13/h4-5,7-8,10,15,17H,2-3,6,9H2,1H3. The van der Waals surface area contributed by atoms with Crippen LogP contribution in [0, 0.1) is 0 Å². The summed E-state index contributed by atoms with van der Waals surface area (Å²) in [4.78, 5) is 5.21. The average Bonchev–Trinajstić information content (AvgIpc) is 3.06. The van der Waals surface area contributed by atoms with Crippen molar-refractivity contribution in [3.05, 3.63) is 45.9 Å². The van der Waals surface area contributed by atoms with Gasteiger partial charge < -0.3 is 10.1 Å². The van der Waals surface area contributed by atoms with Crippen LogP contribution in [0.5, 0.6) is 5.75 Å². The van der Waals surface area contributed by atoms with Gasteiger partial charge in [-0.05, 0) is 42.6 Å². The molecule has 1 aromatic carbocycles. The van der Waals surface area contributed by atoms with Crippen molar-refractivity contribution >= 4 is 11.3 Å². The van der Waals surface area contributed by atoms with Crippen LogP contribution >= 0.6 is 11.3 Å². The predicted molar refractivity (Wildman–Crippen MR) is 77.6 cm³/mol. The maximum Gasteiger partial charge on any atom is 0.124 e. The van der Waals surface area contributed by atoms with Gasteiger partial charge in [0, 0.05) is 12.2 Å². The highest BCUT2D eigenvalue weighted by Crippen LogP contribution is 2.33. The zero-order chi connectivity index (χ0) is 13.1. The molecule has 0 saturated heterocycles. The van der Waals surface area contributed by atoms with Crippen LogP contribution in [0.2, 0.25) is 0 Å². The Morgan fingerprint density at radius 2 is 2.42 bits per heavy atom. The molecule has 1 unspecified atom stereocenters. The molecule has 100 valence electrons. The summed E-state index contributed by atoms with van der Waals surface area (Å²) in [6, 6.07) is 7.00. The number of aromatic nitrogens is 1. The van der Waals surface area contributed by atoms with E-state index >= 15 is 0 Å². The molecule has 1 aliphatic carbocycles. The number of nitrogens with zero attached hydrogens (tertiary/aromatic N) is 1. The van der Waals surface area contributed by atoms with Crippen molar-refractivity contribution in [2.45, 2.75) is 32.4 Å². The number of fused-ring (bicyclic) bond motifs is 1. The van der Waals surface area contributed by atoms with Crippen LogP contribution in [0.4, 0.5) is 0 Å². The molecule has 19 heavy (non-hydrogen) atoms. The topological polar surface area (TPSA) is 34.1 Å². The van der Waals surface area contributed by atoms with E-state index in [-0.39, 0.29) is 0 Å². The molecular formula is C15H18N2OS. The zero-order valence-corrected chi connectivity index (χ0v) is 11.9. The van der Waals surface area contributed by atoms with Crippen LogP contribution in [-0.4, -0.2) is 11.5 Å². The second-order valence-electron chi connectivity index (χ2n) is 4.77. The van der Waals surface area contributed by atoms with E-state index in [1.54, 1.807) is 11.3 Å². The van der Waals surface area contributed by atoms with Crippen LogP contribution < -0.4 is 10.1 Å². The first-order chi connectivity index (χ1) is 9.36. The molecule has 0 aliphatic heterocycles. The van der Waals surface area contributed by atoms with Gasteiger partial charge >= 0.3 is 0 Å². The number of hydrogen-bond acceptors (Lipinski definition) is 4. The monoisotopic (exact) mass is 274 g/mol. The third-order valence-corrected chi connectivity index (χ3v) is 4.26. The van der Waals surface area contributed by atoms with E-state index in [0.717, 1.165) is 23.6 Å². The quantitative estimate of drug-likeness (QED) is 0.908. The Labute approximate surface area is 117 Å². The molecule has 1 atom stereocenters. The highest BCUT2D eigenvalue weighted by molar-refractivity contribution is 7.09. The molecule has 0 radical (unpaired) electrons. The second-order valence-corrected chi connectivity index (χ2v) is 5.74. The van der Waals surface area contributed by atoms with Gasteiger partial charge in [-0.3, -0.25) is 4.98 Å². The Morgan fingerprint density at radius 3 is 3.21 bits per heavy atom. The smallest absolute Gasteiger partial charge is 0.124 e. The lowest BCUT2D eigenvalue weighted by Crippen LogP contribution is -2.18. The number of rotatable bonds is 5. The van der Waals surface area contributed by atoms with Gasteiger partial charge in [0.05, 0.1) is 10.4 Å². The predicted octanol–water partition coefficient (Wildman–Crippen LogP) is 3.32. The van der Waals surface area contributed by atoms with Crippen molar-refractivity contribution in [3.8, 4) is 5.75 Å². The lowest BCUT2D eigenvalue weighted by molar-refractivity contribution is 0.309. The highest BCUT2D eigenvalue weighted by atomic mass is 32.1. The van der Waals surface area contributed by atoms with Crippen molar-refractivity contribution in [3.63, 3.8) is 0 Å². The number of thiazole rings is 1. The third-order valence-electron chi connectivity index (χ3n) is 3.51. The van der Waals surface area contributed by atoms with E-state index in [1.165, 1.54) is 17.5 Å². The molecule has 3 rings (SSSR count). The lowest BCUT2D eigenvalue weighted by Gasteiger charge is -2.13. The molecule has 0 fully saturated rings. The van der Waals surface area contributed by atoms with Crippen LogP contribution in [-0.2, 0) is 13.0 Å². The summed E-state index contributed by atoms with van der Waals surface area (Å²) in [7, 11) is 0. The fourth-order valence-electron chi connectivity index (χ4n) is 2.61. The summed E-state index contributed by atoms with van der Waals surface area (Å²) in [6.45, 7) is 3.79. The number of benzene rings is 1. The lowest BCUT2D eigenvalue weighted by atomic mass is 10.1. The fourth-order valence-corrected chi connectivity index (χ4v) is 3.12. The minimum atomic E-state index is 0.524. The average molecular weight is 274 g/mol. The summed E-state index contributed by atoms with van der Waals surface area (Å²) in [6.07, 6.45) is 4.20. The van der Waals surface area contributed by atoms with Crippen LogP contribution in [0.1, 0.15) is 35.4 Å². The summed E-state index contributed by atoms with van der Waals surface area (Å²) in [5.74, 6) is 0.962. The summed E-state index contributed by atoms with van der Waals surface area (Å²) < 4.78 is 5.82. The minimum Gasteiger partial charge on any atom is -0.488 e. The van der Waals surface area contributed by atoms with Crippen molar-refractivity contribution in [2.75, 3.05) is 6.54 Å². The van der Waals surface area contributed by atoms with Gasteiger partial charge in [-0.2, -0.15) is 0 Å². The van der Waals surface area contributed by atoms with E-state index in [1.807, 2.05) is 11.7 Å². The van der Waals surface area contributed by atoms with E-state index < -0.39 is 0 Å². The van der Waals surface area contributed by atoms with Gasteiger partial charge in [0.15, 0.2) is 0 Å². The van der Waals surface area contributed by atoms with Crippen molar-refractivity contribution in [1.29, 1.82) is 0 Å². The Balaban J connectivity index is 1.68. The van der Waals surface area contributed by atoms with E-state index in [2.05, 4.69) is 35.4 Å². The maximum atomic E-state index is 5.82. The van der Waals surface area contributed by atoms with Gasteiger partial charge in [-0.15, -0.1) is 11.3 Å². The fraction of sp³-hybridized carbons (Fsp3) is 0.400. The van der Waals surface area contributed by atoms with Gasteiger partial charge in [0.25, 0.3) is 0 Å². The number of aryl methyl sites for hydroxylation is 1. The Morgan fingerprint density at radius 1 is 1.47 bits per heavy atom. The Hall–Kier alpha value is -1.39. The molecule has 1 heterocycles. The van der Waals surface area contributed by atoms with Gasteiger partial charge in [0.2, 0.25) is 0 Å². The molecule has 0 amide bonds. The minimum absolute atomic E-state index is 0.524. The summed E-state index contributed by atoms with van der Waals surface area (Å²) in [5.41, 5.74) is 4.70. The van der Waals surface area contributed by atoms with E-state index in [4.69, 9.17) is 4.74 Å². The van der Waals surface area contributed by atoms with Crippen molar-refractivity contribution < 1.29 is 4.74 Å². The van der Waals surface area contributed by atoms with Crippen molar-refractivity contribution in [1.82, 2.24) is 10.3 Å². The van der Waals surface area contributed by atoms with Gasteiger partial charge in [0.1, 0.15) is 12.4 Å². The number of nitrogens with one attached hydrogen (secondary N) is 1. The molecule has 2 aromatic rings. The molecule has 0 bridgehead atoms. The molecule has 1 N–H and O–H groups in total. The summed E-state index contributed by atoms with van der Waals surface area (Å²) in [5, 5.41) is 3.53. The van der Waals surface area contributed by atoms with Crippen LogP contribution in [0.15, 0.2) is 29.9 Å². The molecule has 4 heteroatoms. The van der Waals surface area contributed by atoms with Gasteiger partial charge in [-0.25, -0.2) is 0 Å². The first kappa shape index (κ1) is 12.6. The molecule has 1 aliphatic rings. The number of hydrogen-bond donors (Lipinski definition) is 1. The third kappa shape index (κ3) is 2.80. The first-order valence-corrected chi connectivity index (χ1v) is 7.61. The highest BCUT2D eigenvalue weighted by Gasteiger charge is 2.21. The SMILES string of the molecule is CCNC1CCc2cc(OCc3cncs3)ccc21. The zero-order valence-electron chi connectivity index (χ0n) is 11.1. The maximum absolute atomic E-state index is 5.82.